The number of rotatable bonds is 9. The van der Waals surface area contributed by atoms with Crippen LogP contribution in [0, 0.1) is 0 Å². The fourth-order valence-corrected chi connectivity index (χ4v) is 2.60. The minimum Gasteiger partial charge on any atom is -0.493 e. The van der Waals surface area contributed by atoms with Crippen LogP contribution in [0.2, 0.25) is 0 Å². The smallest absolute Gasteiger partial charge is 0.338 e. The van der Waals surface area contributed by atoms with E-state index >= 15 is 0 Å². The van der Waals surface area contributed by atoms with E-state index < -0.39 is 0 Å². The second kappa shape index (κ2) is 10.2. The van der Waals surface area contributed by atoms with Crippen molar-refractivity contribution in [2.75, 3.05) is 33.3 Å². The fourth-order valence-electron chi connectivity index (χ4n) is 2.60. The Balaban J connectivity index is 2.05. The molecule has 0 radical (unpaired) electrons. The van der Waals surface area contributed by atoms with Crippen LogP contribution in [0.5, 0.6) is 17.2 Å². The first-order valence-electron chi connectivity index (χ1n) is 8.88. The molecule has 1 N–H and O–H groups in total. The Hall–Kier alpha value is -3.22. The van der Waals surface area contributed by atoms with Gasteiger partial charge in [-0.25, -0.2) is 4.79 Å². The molecule has 0 saturated heterocycles. The molecule has 0 bridgehead atoms. The zero-order chi connectivity index (χ0) is 20.5. The molecule has 2 aromatic carbocycles. The number of carbonyl (C=O) groups is 2. The van der Waals surface area contributed by atoms with Gasteiger partial charge in [-0.1, -0.05) is 6.92 Å². The lowest BCUT2D eigenvalue weighted by Crippen LogP contribution is -2.15. The molecule has 150 valence electrons. The van der Waals surface area contributed by atoms with Gasteiger partial charge in [0.25, 0.3) is 0 Å². The van der Waals surface area contributed by atoms with Crippen molar-refractivity contribution in [3.8, 4) is 17.2 Å². The second-order valence-corrected chi connectivity index (χ2v) is 5.97. The minimum atomic E-state index is -0.378. The first kappa shape index (κ1) is 21.1. The van der Waals surface area contributed by atoms with E-state index in [1.54, 1.807) is 36.4 Å². The van der Waals surface area contributed by atoms with Crippen LogP contribution in [0.15, 0.2) is 36.4 Å². The van der Waals surface area contributed by atoms with Crippen LogP contribution >= 0.6 is 0 Å². The van der Waals surface area contributed by atoms with E-state index in [9.17, 15) is 9.59 Å². The summed E-state index contributed by atoms with van der Waals surface area (Å²) in [5.41, 5.74) is 1.74. The van der Waals surface area contributed by atoms with Crippen LogP contribution in [-0.2, 0) is 16.0 Å². The van der Waals surface area contributed by atoms with Crippen LogP contribution in [0.1, 0.15) is 29.3 Å². The van der Waals surface area contributed by atoms with E-state index in [-0.39, 0.29) is 18.3 Å². The highest BCUT2D eigenvalue weighted by Gasteiger charge is 2.15. The summed E-state index contributed by atoms with van der Waals surface area (Å²) in [7, 11) is 4.57. The molecule has 7 heteroatoms. The summed E-state index contributed by atoms with van der Waals surface area (Å²) in [5, 5.41) is 2.80. The standard InChI is InChI=1S/C21H25NO6/c1-5-10-28-21(24)15-6-8-16(9-7-15)22-19(23)13-14-11-17(25-2)20(27-4)18(12-14)26-3/h6-9,11-12H,5,10,13H2,1-4H3,(H,22,23). The molecule has 0 unspecified atom stereocenters. The Morgan fingerprint density at radius 1 is 0.929 bits per heavy atom. The van der Waals surface area contributed by atoms with E-state index in [0.717, 1.165) is 6.42 Å². The van der Waals surface area contributed by atoms with Gasteiger partial charge < -0.3 is 24.3 Å². The number of ether oxygens (including phenoxy) is 4. The van der Waals surface area contributed by atoms with E-state index in [4.69, 9.17) is 18.9 Å². The number of carbonyl (C=O) groups excluding carboxylic acids is 2. The molecule has 2 aromatic rings. The highest BCUT2D eigenvalue weighted by molar-refractivity contribution is 5.94. The molecule has 0 saturated carbocycles. The van der Waals surface area contributed by atoms with Crippen molar-refractivity contribution in [1.82, 2.24) is 0 Å². The fraction of sp³-hybridized carbons (Fsp3) is 0.333. The molecule has 0 atom stereocenters. The van der Waals surface area contributed by atoms with Gasteiger partial charge in [0.2, 0.25) is 11.7 Å². The number of esters is 1. The SMILES string of the molecule is CCCOC(=O)c1ccc(NC(=O)Cc2cc(OC)c(OC)c(OC)c2)cc1. The van der Waals surface area contributed by atoms with E-state index in [0.29, 0.717) is 40.7 Å². The van der Waals surface area contributed by atoms with Gasteiger partial charge in [0.15, 0.2) is 11.5 Å². The van der Waals surface area contributed by atoms with Crippen LogP contribution in [0.3, 0.4) is 0 Å². The summed E-state index contributed by atoms with van der Waals surface area (Å²) in [4.78, 5) is 24.2. The third-order valence-corrected chi connectivity index (χ3v) is 3.93. The normalized spacial score (nSPS) is 10.1. The van der Waals surface area contributed by atoms with Crippen molar-refractivity contribution in [1.29, 1.82) is 0 Å². The van der Waals surface area contributed by atoms with Crippen LogP contribution in [-0.4, -0.2) is 39.8 Å². The minimum absolute atomic E-state index is 0.122. The molecule has 0 aliphatic rings. The summed E-state index contributed by atoms with van der Waals surface area (Å²) in [6.07, 6.45) is 0.887. The monoisotopic (exact) mass is 387 g/mol. The van der Waals surface area contributed by atoms with Crippen LogP contribution in [0.25, 0.3) is 0 Å². The highest BCUT2D eigenvalue weighted by Crippen LogP contribution is 2.38. The largest absolute Gasteiger partial charge is 0.493 e. The number of anilines is 1. The van der Waals surface area contributed by atoms with Gasteiger partial charge >= 0.3 is 5.97 Å². The van der Waals surface area contributed by atoms with Crippen molar-refractivity contribution in [2.24, 2.45) is 0 Å². The summed E-state index contributed by atoms with van der Waals surface area (Å²) in [6.45, 7) is 2.31. The molecule has 0 aromatic heterocycles. The average Bonchev–Trinajstić information content (AvgIpc) is 2.71. The van der Waals surface area contributed by atoms with Gasteiger partial charge in [0.05, 0.1) is 39.9 Å². The van der Waals surface area contributed by atoms with Crippen molar-refractivity contribution < 1.29 is 28.5 Å². The van der Waals surface area contributed by atoms with Gasteiger partial charge in [-0.2, -0.15) is 0 Å². The average molecular weight is 387 g/mol. The topological polar surface area (TPSA) is 83.1 Å². The third-order valence-electron chi connectivity index (χ3n) is 3.93. The zero-order valence-corrected chi connectivity index (χ0v) is 16.5. The lowest BCUT2D eigenvalue weighted by Gasteiger charge is -2.14. The summed E-state index contributed by atoms with van der Waals surface area (Å²) < 4.78 is 21.0. The molecule has 28 heavy (non-hydrogen) atoms. The van der Waals surface area contributed by atoms with Crippen molar-refractivity contribution in [3.05, 3.63) is 47.5 Å². The Morgan fingerprint density at radius 3 is 2.04 bits per heavy atom. The molecule has 0 spiro atoms. The number of nitrogens with one attached hydrogen (secondary N) is 1. The first-order valence-corrected chi connectivity index (χ1v) is 8.88. The van der Waals surface area contributed by atoms with Gasteiger partial charge in [-0.15, -0.1) is 0 Å². The maximum Gasteiger partial charge on any atom is 0.338 e. The van der Waals surface area contributed by atoms with E-state index in [1.807, 2.05) is 6.92 Å². The molecule has 1 amide bonds. The van der Waals surface area contributed by atoms with Gasteiger partial charge in [-0.3, -0.25) is 4.79 Å². The molecule has 0 aliphatic carbocycles. The Morgan fingerprint density at radius 2 is 1.54 bits per heavy atom. The molecule has 0 heterocycles. The predicted octanol–water partition coefficient (Wildman–Crippen LogP) is 3.46. The summed E-state index contributed by atoms with van der Waals surface area (Å²) in [6, 6.07) is 10.0. The quantitative estimate of drug-likeness (QED) is 0.664. The lowest BCUT2D eigenvalue weighted by molar-refractivity contribution is -0.115. The zero-order valence-electron chi connectivity index (χ0n) is 16.5. The maximum absolute atomic E-state index is 12.4. The Labute approximate surface area is 164 Å². The van der Waals surface area contributed by atoms with Crippen molar-refractivity contribution in [3.63, 3.8) is 0 Å². The Bertz CT molecular complexity index is 791. The molecular weight excluding hydrogens is 362 g/mol. The second-order valence-electron chi connectivity index (χ2n) is 5.97. The van der Waals surface area contributed by atoms with Crippen molar-refractivity contribution >= 4 is 17.6 Å². The van der Waals surface area contributed by atoms with Crippen LogP contribution < -0.4 is 19.5 Å². The number of hydrogen-bond donors (Lipinski definition) is 1. The van der Waals surface area contributed by atoms with E-state index in [2.05, 4.69) is 5.32 Å². The summed E-state index contributed by atoms with van der Waals surface area (Å²) >= 11 is 0. The maximum atomic E-state index is 12.4. The molecule has 0 fully saturated rings. The number of benzene rings is 2. The van der Waals surface area contributed by atoms with Crippen molar-refractivity contribution in [2.45, 2.75) is 19.8 Å². The predicted molar refractivity (Wildman–Crippen MR) is 105 cm³/mol. The number of methoxy groups -OCH3 is 3. The van der Waals surface area contributed by atoms with E-state index in [1.165, 1.54) is 21.3 Å². The highest BCUT2D eigenvalue weighted by atomic mass is 16.5. The lowest BCUT2D eigenvalue weighted by atomic mass is 10.1. The Kier molecular flexibility index (Phi) is 7.68. The first-order chi connectivity index (χ1) is 13.5. The number of hydrogen-bond acceptors (Lipinski definition) is 6. The molecule has 2 rings (SSSR count). The van der Waals surface area contributed by atoms with Crippen LogP contribution in [0.4, 0.5) is 5.69 Å². The number of amides is 1. The van der Waals surface area contributed by atoms with Gasteiger partial charge in [0.1, 0.15) is 0 Å². The van der Waals surface area contributed by atoms with Gasteiger partial charge in [0, 0.05) is 5.69 Å². The summed E-state index contributed by atoms with van der Waals surface area (Å²) in [5.74, 6) is 0.853. The molecular formula is C21H25NO6. The third kappa shape index (κ3) is 5.39. The van der Waals surface area contributed by atoms with Gasteiger partial charge in [-0.05, 0) is 48.4 Å². The molecule has 0 aliphatic heterocycles. The molecule has 7 nitrogen and oxygen atoms in total.